The zero-order chi connectivity index (χ0) is 11.4. The second kappa shape index (κ2) is 4.99. The number of halogens is 1. The summed E-state index contributed by atoms with van der Waals surface area (Å²) in [5.74, 6) is 0.591. The van der Waals surface area contributed by atoms with Crippen molar-refractivity contribution in [2.24, 2.45) is 0 Å². The Morgan fingerprint density at radius 2 is 2.38 bits per heavy atom. The third-order valence-corrected chi connectivity index (χ3v) is 2.52. The molecule has 0 aliphatic rings. The van der Waals surface area contributed by atoms with Crippen LogP contribution in [0.3, 0.4) is 0 Å². The third kappa shape index (κ3) is 2.33. The molecule has 0 unspecified atom stereocenters. The first-order valence-corrected chi connectivity index (χ1v) is 5.41. The Morgan fingerprint density at radius 1 is 1.50 bits per heavy atom. The summed E-state index contributed by atoms with van der Waals surface area (Å²) in [5, 5.41) is 0.380. The molecule has 0 spiro atoms. The molecule has 0 atom stereocenters. The number of aromatic nitrogens is 3. The van der Waals surface area contributed by atoms with Crippen LogP contribution in [0.1, 0.15) is 12.6 Å². The Hall–Kier alpha value is -1.55. The van der Waals surface area contributed by atoms with Gasteiger partial charge in [0.15, 0.2) is 10.9 Å². The molecule has 0 amide bonds. The predicted octanol–water partition coefficient (Wildman–Crippen LogP) is 2.53. The van der Waals surface area contributed by atoms with Gasteiger partial charge in [0.2, 0.25) is 0 Å². The summed E-state index contributed by atoms with van der Waals surface area (Å²) >= 11 is 5.88. The van der Waals surface area contributed by atoms with Gasteiger partial charge in [-0.05, 0) is 19.1 Å². The number of hydrogen-bond donors (Lipinski definition) is 0. The SMILES string of the molecule is CCn1cncc1COc1cccnc1Cl. The van der Waals surface area contributed by atoms with E-state index in [1.165, 1.54) is 0 Å². The summed E-state index contributed by atoms with van der Waals surface area (Å²) in [6, 6.07) is 3.58. The van der Waals surface area contributed by atoms with Crippen LogP contribution in [0.25, 0.3) is 0 Å². The molecule has 2 aromatic rings. The maximum Gasteiger partial charge on any atom is 0.171 e. The van der Waals surface area contributed by atoms with Crippen molar-refractivity contribution in [2.45, 2.75) is 20.1 Å². The van der Waals surface area contributed by atoms with Crippen LogP contribution >= 0.6 is 11.6 Å². The number of nitrogens with zero attached hydrogens (tertiary/aromatic N) is 3. The second-order valence-electron chi connectivity index (χ2n) is 3.25. The van der Waals surface area contributed by atoms with Crippen LogP contribution in [-0.4, -0.2) is 14.5 Å². The van der Waals surface area contributed by atoms with Gasteiger partial charge in [-0.15, -0.1) is 0 Å². The summed E-state index contributed by atoms with van der Waals surface area (Å²) in [7, 11) is 0. The van der Waals surface area contributed by atoms with E-state index in [4.69, 9.17) is 16.3 Å². The zero-order valence-electron chi connectivity index (χ0n) is 8.93. The minimum Gasteiger partial charge on any atom is -0.484 e. The average molecular weight is 238 g/mol. The van der Waals surface area contributed by atoms with Crippen LogP contribution < -0.4 is 4.74 Å². The summed E-state index contributed by atoms with van der Waals surface area (Å²) in [6.45, 7) is 3.38. The molecule has 2 aromatic heterocycles. The third-order valence-electron chi connectivity index (χ3n) is 2.24. The molecule has 0 bridgehead atoms. The van der Waals surface area contributed by atoms with E-state index in [9.17, 15) is 0 Å². The van der Waals surface area contributed by atoms with Gasteiger partial charge in [-0.3, -0.25) is 0 Å². The van der Waals surface area contributed by atoms with Crippen molar-refractivity contribution in [3.8, 4) is 5.75 Å². The second-order valence-corrected chi connectivity index (χ2v) is 3.61. The Labute approximate surface area is 98.9 Å². The van der Waals surface area contributed by atoms with Crippen LogP contribution in [0, 0.1) is 0 Å². The van der Waals surface area contributed by atoms with Gasteiger partial charge in [0.25, 0.3) is 0 Å². The fourth-order valence-corrected chi connectivity index (χ4v) is 1.56. The summed E-state index contributed by atoms with van der Waals surface area (Å²) in [5.41, 5.74) is 1.02. The van der Waals surface area contributed by atoms with Crippen molar-refractivity contribution in [3.05, 3.63) is 41.7 Å². The number of pyridine rings is 1. The van der Waals surface area contributed by atoms with Crippen molar-refractivity contribution in [1.29, 1.82) is 0 Å². The van der Waals surface area contributed by atoms with Crippen molar-refractivity contribution in [3.63, 3.8) is 0 Å². The lowest BCUT2D eigenvalue weighted by molar-refractivity contribution is 0.294. The highest BCUT2D eigenvalue weighted by Crippen LogP contribution is 2.21. The fourth-order valence-electron chi connectivity index (χ4n) is 1.38. The molecule has 2 rings (SSSR count). The summed E-state index contributed by atoms with van der Waals surface area (Å²) in [6.07, 6.45) is 5.20. The van der Waals surface area contributed by atoms with E-state index in [2.05, 4.69) is 16.9 Å². The van der Waals surface area contributed by atoms with E-state index in [1.807, 2.05) is 4.57 Å². The van der Waals surface area contributed by atoms with Gasteiger partial charge in [-0.1, -0.05) is 11.6 Å². The van der Waals surface area contributed by atoms with Gasteiger partial charge in [-0.2, -0.15) is 0 Å². The molecule has 0 aliphatic heterocycles. The Bertz CT molecular complexity index is 470. The molecule has 84 valence electrons. The van der Waals surface area contributed by atoms with E-state index in [0.29, 0.717) is 17.5 Å². The van der Waals surface area contributed by atoms with Crippen molar-refractivity contribution in [2.75, 3.05) is 0 Å². The summed E-state index contributed by atoms with van der Waals surface area (Å²) < 4.78 is 7.59. The van der Waals surface area contributed by atoms with Crippen molar-refractivity contribution < 1.29 is 4.74 Å². The first-order valence-electron chi connectivity index (χ1n) is 5.03. The average Bonchev–Trinajstić information content (AvgIpc) is 2.75. The largest absolute Gasteiger partial charge is 0.484 e. The number of aryl methyl sites for hydroxylation is 1. The van der Waals surface area contributed by atoms with Crippen LogP contribution in [0.4, 0.5) is 0 Å². The summed E-state index contributed by atoms with van der Waals surface area (Å²) in [4.78, 5) is 8.00. The highest BCUT2D eigenvalue weighted by atomic mass is 35.5. The first-order chi connectivity index (χ1) is 7.81. The van der Waals surface area contributed by atoms with Gasteiger partial charge in [0.1, 0.15) is 6.61 Å². The molecule has 0 aromatic carbocycles. The molecule has 0 N–H and O–H groups in total. The van der Waals surface area contributed by atoms with E-state index in [0.717, 1.165) is 12.2 Å². The molecule has 0 saturated carbocycles. The number of imidazole rings is 1. The Kier molecular flexibility index (Phi) is 3.41. The lowest BCUT2D eigenvalue weighted by Crippen LogP contribution is -2.04. The molecule has 16 heavy (non-hydrogen) atoms. The monoisotopic (exact) mass is 237 g/mol. The highest BCUT2D eigenvalue weighted by Gasteiger charge is 2.04. The van der Waals surface area contributed by atoms with Crippen molar-refractivity contribution >= 4 is 11.6 Å². The number of ether oxygens (including phenoxy) is 1. The minimum absolute atomic E-state index is 0.380. The number of hydrogen-bond acceptors (Lipinski definition) is 3. The smallest absolute Gasteiger partial charge is 0.171 e. The molecule has 0 radical (unpaired) electrons. The maximum atomic E-state index is 5.88. The van der Waals surface area contributed by atoms with E-state index in [1.54, 1.807) is 30.9 Å². The molecule has 0 aliphatic carbocycles. The molecule has 0 fully saturated rings. The van der Waals surface area contributed by atoms with E-state index >= 15 is 0 Å². The molecular formula is C11H12ClN3O. The normalized spacial score (nSPS) is 10.4. The molecule has 5 heteroatoms. The quantitative estimate of drug-likeness (QED) is 0.768. The van der Waals surface area contributed by atoms with Gasteiger partial charge >= 0.3 is 0 Å². The molecule has 0 saturated heterocycles. The van der Waals surface area contributed by atoms with Crippen LogP contribution in [0.5, 0.6) is 5.75 Å². The van der Waals surface area contributed by atoms with Gasteiger partial charge in [0.05, 0.1) is 18.2 Å². The van der Waals surface area contributed by atoms with Gasteiger partial charge in [0, 0.05) is 12.7 Å². The van der Waals surface area contributed by atoms with Crippen molar-refractivity contribution in [1.82, 2.24) is 14.5 Å². The van der Waals surface area contributed by atoms with Gasteiger partial charge in [-0.25, -0.2) is 9.97 Å². The molecular weight excluding hydrogens is 226 g/mol. The Balaban J connectivity index is 2.05. The minimum atomic E-state index is 0.380. The van der Waals surface area contributed by atoms with Crippen LogP contribution in [-0.2, 0) is 13.2 Å². The topological polar surface area (TPSA) is 39.9 Å². The Morgan fingerprint density at radius 3 is 3.12 bits per heavy atom. The molecule has 4 nitrogen and oxygen atoms in total. The fraction of sp³-hybridized carbons (Fsp3) is 0.273. The highest BCUT2D eigenvalue weighted by molar-refractivity contribution is 6.30. The van der Waals surface area contributed by atoms with Gasteiger partial charge < -0.3 is 9.30 Å². The zero-order valence-corrected chi connectivity index (χ0v) is 9.68. The lowest BCUT2D eigenvalue weighted by Gasteiger charge is -2.08. The van der Waals surface area contributed by atoms with Crippen LogP contribution in [0.15, 0.2) is 30.9 Å². The van der Waals surface area contributed by atoms with E-state index in [-0.39, 0.29) is 0 Å². The first kappa shape index (κ1) is 11.0. The number of rotatable bonds is 4. The lowest BCUT2D eigenvalue weighted by atomic mass is 10.4. The van der Waals surface area contributed by atoms with E-state index < -0.39 is 0 Å². The molecule has 2 heterocycles. The predicted molar refractivity (Wildman–Crippen MR) is 61.5 cm³/mol. The standard InChI is InChI=1S/C11H12ClN3O/c1-2-15-8-13-6-9(15)7-16-10-4-3-5-14-11(10)12/h3-6,8H,2,7H2,1H3. The maximum absolute atomic E-state index is 5.88. The van der Waals surface area contributed by atoms with Crippen LogP contribution in [0.2, 0.25) is 5.15 Å².